The summed E-state index contributed by atoms with van der Waals surface area (Å²) >= 11 is 13.4. The first-order chi connectivity index (χ1) is 11.6. The Kier molecular flexibility index (Phi) is 3.80. The van der Waals surface area contributed by atoms with Crippen molar-refractivity contribution < 1.29 is 4.79 Å². The molecular weight excluding hydrogens is 367 g/mol. The van der Waals surface area contributed by atoms with Gasteiger partial charge in [-0.05, 0) is 24.3 Å². The molecule has 0 radical (unpaired) electrons. The molecule has 0 spiro atoms. The molecule has 0 aliphatic heterocycles. The fourth-order valence-corrected chi connectivity index (χ4v) is 3.50. The molecule has 0 saturated heterocycles. The zero-order valence-electron chi connectivity index (χ0n) is 12.0. The number of carbonyl (C=O) groups is 1. The van der Waals surface area contributed by atoms with Crippen LogP contribution in [-0.2, 0) is 0 Å². The van der Waals surface area contributed by atoms with Crippen LogP contribution in [0.15, 0.2) is 42.6 Å². The van der Waals surface area contributed by atoms with Crippen LogP contribution in [0.5, 0.6) is 0 Å². The summed E-state index contributed by atoms with van der Waals surface area (Å²) in [6, 6.07) is 10.9. The minimum absolute atomic E-state index is 0.220. The molecule has 118 valence electrons. The molecule has 0 aliphatic rings. The number of anilines is 1. The maximum atomic E-state index is 12.4. The number of rotatable bonds is 2. The van der Waals surface area contributed by atoms with E-state index < -0.39 is 0 Å². The Morgan fingerprint density at radius 2 is 1.83 bits per heavy atom. The van der Waals surface area contributed by atoms with Crippen molar-refractivity contribution in [3.63, 3.8) is 0 Å². The van der Waals surface area contributed by atoms with E-state index in [2.05, 4.69) is 20.3 Å². The second kappa shape index (κ2) is 5.98. The number of nitrogens with zero attached hydrogens (tertiary/aromatic N) is 3. The summed E-state index contributed by atoms with van der Waals surface area (Å²) in [5.41, 5.74) is 2.17. The summed E-state index contributed by atoms with van der Waals surface area (Å²) in [6.07, 6.45) is 1.44. The van der Waals surface area contributed by atoms with E-state index in [0.29, 0.717) is 26.2 Å². The fraction of sp³-hybridized carbons (Fsp3) is 0. The van der Waals surface area contributed by atoms with E-state index in [-0.39, 0.29) is 11.6 Å². The van der Waals surface area contributed by atoms with Gasteiger partial charge in [0.2, 0.25) is 0 Å². The highest BCUT2D eigenvalue weighted by Gasteiger charge is 2.14. The molecule has 0 unspecified atom stereocenters. The highest BCUT2D eigenvalue weighted by molar-refractivity contribution is 7.22. The molecule has 5 nitrogen and oxygen atoms in total. The first-order valence-corrected chi connectivity index (χ1v) is 8.47. The van der Waals surface area contributed by atoms with Crippen LogP contribution in [0.25, 0.3) is 21.3 Å². The van der Waals surface area contributed by atoms with Crippen molar-refractivity contribution >= 4 is 66.8 Å². The molecule has 1 amide bonds. The number of thiazole rings is 1. The Hall–Kier alpha value is -2.28. The number of hydrogen-bond donors (Lipinski definition) is 1. The van der Waals surface area contributed by atoms with Crippen LogP contribution >= 0.6 is 34.5 Å². The van der Waals surface area contributed by atoms with Gasteiger partial charge in [-0.3, -0.25) is 15.1 Å². The molecule has 24 heavy (non-hydrogen) atoms. The first kappa shape index (κ1) is 15.3. The van der Waals surface area contributed by atoms with E-state index >= 15 is 0 Å². The van der Waals surface area contributed by atoms with Crippen LogP contribution < -0.4 is 5.32 Å². The second-order valence-electron chi connectivity index (χ2n) is 4.93. The van der Waals surface area contributed by atoms with Crippen LogP contribution in [0.4, 0.5) is 5.13 Å². The lowest BCUT2D eigenvalue weighted by atomic mass is 10.3. The number of amides is 1. The average molecular weight is 375 g/mol. The topological polar surface area (TPSA) is 67.8 Å². The lowest BCUT2D eigenvalue weighted by Crippen LogP contribution is -2.13. The first-order valence-electron chi connectivity index (χ1n) is 6.89. The number of fused-ring (bicyclic) bond motifs is 2. The lowest BCUT2D eigenvalue weighted by molar-refractivity contribution is 0.102. The number of nitrogens with one attached hydrogen (secondary N) is 1. The third kappa shape index (κ3) is 2.69. The van der Waals surface area contributed by atoms with Gasteiger partial charge in [0.05, 0.1) is 32.0 Å². The minimum atomic E-state index is -0.380. The number of halogens is 2. The van der Waals surface area contributed by atoms with E-state index in [9.17, 15) is 4.79 Å². The zero-order valence-corrected chi connectivity index (χ0v) is 14.3. The summed E-state index contributed by atoms with van der Waals surface area (Å²) in [6.45, 7) is 0. The lowest BCUT2D eigenvalue weighted by Gasteiger charge is -2.02. The van der Waals surface area contributed by atoms with Crippen molar-refractivity contribution in [3.05, 3.63) is 58.3 Å². The summed E-state index contributed by atoms with van der Waals surface area (Å²) in [5, 5.41) is 3.94. The van der Waals surface area contributed by atoms with Crippen LogP contribution in [0.2, 0.25) is 10.0 Å². The standard InChI is InChI=1S/C16H8Cl2N4OS/c17-8-5-6-12-14(13(8)18)21-16(24-12)22-15(23)11-7-19-9-3-1-2-4-10(9)20-11/h1-7H,(H,21,22,23). The predicted molar refractivity (Wildman–Crippen MR) is 97.1 cm³/mol. The Labute approximate surface area is 150 Å². The number of para-hydroxylation sites is 2. The van der Waals surface area contributed by atoms with Crippen LogP contribution in [-0.4, -0.2) is 20.9 Å². The largest absolute Gasteiger partial charge is 0.296 e. The molecule has 1 N–H and O–H groups in total. The average Bonchev–Trinajstić information content (AvgIpc) is 3.01. The maximum Gasteiger partial charge on any atom is 0.277 e. The van der Waals surface area contributed by atoms with Crippen molar-refractivity contribution in [1.29, 1.82) is 0 Å². The number of hydrogen-bond acceptors (Lipinski definition) is 5. The van der Waals surface area contributed by atoms with Crippen LogP contribution in [0, 0.1) is 0 Å². The van der Waals surface area contributed by atoms with Gasteiger partial charge in [-0.2, -0.15) is 0 Å². The Morgan fingerprint density at radius 1 is 1.04 bits per heavy atom. The molecule has 0 aliphatic carbocycles. The molecular formula is C16H8Cl2N4OS. The van der Waals surface area contributed by atoms with Gasteiger partial charge in [-0.15, -0.1) is 0 Å². The smallest absolute Gasteiger partial charge is 0.277 e. The number of carbonyl (C=O) groups excluding carboxylic acids is 1. The Bertz CT molecular complexity index is 1100. The van der Waals surface area contributed by atoms with Gasteiger partial charge in [0, 0.05) is 0 Å². The zero-order chi connectivity index (χ0) is 16.7. The monoisotopic (exact) mass is 374 g/mol. The summed E-state index contributed by atoms with van der Waals surface area (Å²) in [4.78, 5) is 25.2. The highest BCUT2D eigenvalue weighted by Crippen LogP contribution is 2.35. The maximum absolute atomic E-state index is 12.4. The van der Waals surface area contributed by atoms with E-state index in [1.165, 1.54) is 17.5 Å². The second-order valence-corrected chi connectivity index (χ2v) is 6.74. The Balaban J connectivity index is 1.66. The molecule has 2 heterocycles. The number of aromatic nitrogens is 3. The van der Waals surface area contributed by atoms with Crippen LogP contribution in [0.3, 0.4) is 0 Å². The van der Waals surface area contributed by atoms with Crippen molar-refractivity contribution in [3.8, 4) is 0 Å². The van der Waals surface area contributed by atoms with Gasteiger partial charge in [0.1, 0.15) is 11.2 Å². The van der Waals surface area contributed by atoms with E-state index in [1.54, 1.807) is 12.1 Å². The van der Waals surface area contributed by atoms with Gasteiger partial charge in [0.25, 0.3) is 5.91 Å². The molecule has 2 aromatic heterocycles. The molecule has 0 fully saturated rings. The molecule has 0 atom stereocenters. The molecule has 0 bridgehead atoms. The van der Waals surface area contributed by atoms with Crippen molar-refractivity contribution in [2.24, 2.45) is 0 Å². The molecule has 4 aromatic rings. The van der Waals surface area contributed by atoms with Gasteiger partial charge in [0.15, 0.2) is 5.13 Å². The molecule has 2 aromatic carbocycles. The SMILES string of the molecule is O=C(Nc1nc2c(Cl)c(Cl)ccc2s1)c1cnc2ccccc2n1. The summed E-state index contributed by atoms with van der Waals surface area (Å²) < 4.78 is 0.837. The predicted octanol–water partition coefficient (Wildman–Crippen LogP) is 4.80. The van der Waals surface area contributed by atoms with Crippen molar-refractivity contribution in [2.45, 2.75) is 0 Å². The molecule has 0 saturated carbocycles. The third-order valence-corrected chi connectivity index (χ3v) is 5.08. The van der Waals surface area contributed by atoms with Gasteiger partial charge in [-0.25, -0.2) is 9.97 Å². The quantitative estimate of drug-likeness (QED) is 0.547. The van der Waals surface area contributed by atoms with Crippen molar-refractivity contribution in [1.82, 2.24) is 15.0 Å². The molecule has 8 heteroatoms. The van der Waals surface area contributed by atoms with Gasteiger partial charge < -0.3 is 0 Å². The molecule has 4 rings (SSSR count). The normalized spacial score (nSPS) is 11.1. The van der Waals surface area contributed by atoms with Gasteiger partial charge >= 0.3 is 0 Å². The Morgan fingerprint density at radius 3 is 2.67 bits per heavy atom. The minimum Gasteiger partial charge on any atom is -0.296 e. The van der Waals surface area contributed by atoms with Crippen molar-refractivity contribution in [2.75, 3.05) is 5.32 Å². The summed E-state index contributed by atoms with van der Waals surface area (Å²) in [5.74, 6) is -0.380. The third-order valence-electron chi connectivity index (χ3n) is 3.35. The number of benzene rings is 2. The van der Waals surface area contributed by atoms with Crippen LogP contribution in [0.1, 0.15) is 10.5 Å². The highest BCUT2D eigenvalue weighted by atomic mass is 35.5. The van der Waals surface area contributed by atoms with Gasteiger partial charge in [-0.1, -0.05) is 46.7 Å². The fourth-order valence-electron chi connectivity index (χ4n) is 2.22. The van der Waals surface area contributed by atoms with E-state index in [1.807, 2.05) is 24.3 Å². The van der Waals surface area contributed by atoms with E-state index in [4.69, 9.17) is 23.2 Å². The summed E-state index contributed by atoms with van der Waals surface area (Å²) in [7, 11) is 0. The van der Waals surface area contributed by atoms with E-state index in [0.717, 1.165) is 10.2 Å².